The van der Waals surface area contributed by atoms with Gasteiger partial charge in [-0.3, -0.25) is 0 Å². The number of ether oxygens (including phenoxy) is 1. The fourth-order valence-electron chi connectivity index (χ4n) is 4.21. The molecule has 3 heterocycles. The van der Waals surface area contributed by atoms with Crippen molar-refractivity contribution in [3.8, 4) is 0 Å². The Labute approximate surface area is 154 Å². The number of piperidine rings is 1. The number of aromatic nitrogens is 2. The summed E-state index contributed by atoms with van der Waals surface area (Å²) in [7, 11) is 0. The molecule has 144 valence electrons. The molecule has 0 bridgehead atoms. The van der Waals surface area contributed by atoms with Gasteiger partial charge in [0, 0.05) is 38.1 Å². The Balaban J connectivity index is 1.31. The average molecular weight is 362 g/mol. The molecule has 1 aliphatic carbocycles. The van der Waals surface area contributed by atoms with E-state index >= 15 is 0 Å². The fraction of sp³-hybridized carbons (Fsp3) is 0.842. The van der Waals surface area contributed by atoms with E-state index in [-0.39, 0.29) is 17.7 Å². The lowest BCUT2D eigenvalue weighted by atomic mass is 9.78. The second kappa shape index (κ2) is 7.18. The van der Waals surface area contributed by atoms with E-state index in [1.165, 1.54) is 12.8 Å². The van der Waals surface area contributed by atoms with Crippen LogP contribution < -0.4 is 5.32 Å². The van der Waals surface area contributed by atoms with Gasteiger partial charge in [-0.25, -0.2) is 4.79 Å². The van der Waals surface area contributed by atoms with Crippen LogP contribution in [0.15, 0.2) is 4.52 Å². The van der Waals surface area contributed by atoms with Crippen molar-refractivity contribution < 1.29 is 14.1 Å². The predicted molar refractivity (Wildman–Crippen MR) is 95.9 cm³/mol. The van der Waals surface area contributed by atoms with Crippen LogP contribution in [0.25, 0.3) is 0 Å². The first-order valence-corrected chi connectivity index (χ1v) is 10.0. The van der Waals surface area contributed by atoms with Crippen molar-refractivity contribution in [3.05, 3.63) is 11.7 Å². The van der Waals surface area contributed by atoms with E-state index in [2.05, 4.69) is 15.5 Å². The van der Waals surface area contributed by atoms with Crippen molar-refractivity contribution in [1.82, 2.24) is 20.4 Å². The normalized spacial score (nSPS) is 25.7. The molecule has 4 rings (SSSR count). The van der Waals surface area contributed by atoms with Gasteiger partial charge in [0.25, 0.3) is 0 Å². The predicted octanol–water partition coefficient (Wildman–Crippen LogP) is 2.87. The first-order valence-electron chi connectivity index (χ1n) is 10.0. The summed E-state index contributed by atoms with van der Waals surface area (Å²) in [6.07, 6.45) is 7.14. The van der Waals surface area contributed by atoms with Crippen LogP contribution in [0, 0.1) is 5.92 Å². The van der Waals surface area contributed by atoms with Gasteiger partial charge in [0.15, 0.2) is 5.82 Å². The number of hydrogen-bond donors (Lipinski definition) is 1. The number of urea groups is 1. The molecule has 1 aromatic heterocycles. The smallest absolute Gasteiger partial charge is 0.317 e. The molecule has 1 N–H and O–H groups in total. The maximum Gasteiger partial charge on any atom is 0.317 e. The number of carbonyl (C=O) groups excluding carboxylic acids is 1. The lowest BCUT2D eigenvalue weighted by Crippen LogP contribution is -2.53. The van der Waals surface area contributed by atoms with Crippen molar-refractivity contribution in [2.75, 3.05) is 19.7 Å². The third kappa shape index (κ3) is 4.03. The fourth-order valence-corrected chi connectivity index (χ4v) is 4.21. The minimum Gasteiger partial charge on any atom is -0.375 e. The molecule has 0 aromatic carbocycles. The largest absolute Gasteiger partial charge is 0.375 e. The van der Waals surface area contributed by atoms with Crippen LogP contribution in [0.5, 0.6) is 0 Å². The van der Waals surface area contributed by atoms with Gasteiger partial charge in [0.05, 0.1) is 5.60 Å². The van der Waals surface area contributed by atoms with E-state index in [1.54, 1.807) is 0 Å². The van der Waals surface area contributed by atoms with Crippen LogP contribution in [0.3, 0.4) is 0 Å². The summed E-state index contributed by atoms with van der Waals surface area (Å²) in [6.45, 7) is 6.30. The monoisotopic (exact) mass is 362 g/mol. The first-order chi connectivity index (χ1) is 12.5. The van der Waals surface area contributed by atoms with E-state index in [0.717, 1.165) is 63.5 Å². The van der Waals surface area contributed by atoms with Gasteiger partial charge >= 0.3 is 6.03 Å². The van der Waals surface area contributed by atoms with Gasteiger partial charge in [-0.05, 0) is 58.3 Å². The van der Waals surface area contributed by atoms with Gasteiger partial charge in [-0.15, -0.1) is 0 Å². The first kappa shape index (κ1) is 17.8. The standard InChI is InChI=1S/C19H30N4O3/c1-13(2)20-18(24)23-8-6-19(7-9-23)12-14(5-10-25-19)11-16-21-17(26-22-16)15-3-4-15/h13-15H,3-12H2,1-2H3,(H,20,24). The summed E-state index contributed by atoms with van der Waals surface area (Å²) < 4.78 is 11.6. The summed E-state index contributed by atoms with van der Waals surface area (Å²) in [5.74, 6) is 2.72. The van der Waals surface area contributed by atoms with E-state index in [9.17, 15) is 4.79 Å². The van der Waals surface area contributed by atoms with Gasteiger partial charge < -0.3 is 19.5 Å². The molecule has 1 unspecified atom stereocenters. The lowest BCUT2D eigenvalue weighted by Gasteiger charge is -2.46. The lowest BCUT2D eigenvalue weighted by molar-refractivity contribution is -0.123. The number of nitrogens with zero attached hydrogens (tertiary/aromatic N) is 3. The zero-order valence-electron chi connectivity index (χ0n) is 15.9. The summed E-state index contributed by atoms with van der Waals surface area (Å²) in [5.41, 5.74) is -0.0828. The van der Waals surface area contributed by atoms with Crippen molar-refractivity contribution in [1.29, 1.82) is 0 Å². The second-order valence-corrected chi connectivity index (χ2v) is 8.51. The van der Waals surface area contributed by atoms with E-state index in [4.69, 9.17) is 9.26 Å². The Bertz CT molecular complexity index is 632. The van der Waals surface area contributed by atoms with E-state index in [1.807, 2.05) is 18.7 Å². The van der Waals surface area contributed by atoms with Crippen LogP contribution in [0.1, 0.15) is 70.0 Å². The molecule has 1 spiro atoms. The highest BCUT2D eigenvalue weighted by Crippen LogP contribution is 2.40. The Kier molecular flexibility index (Phi) is 4.90. The van der Waals surface area contributed by atoms with Gasteiger partial charge in [0.1, 0.15) is 0 Å². The maximum absolute atomic E-state index is 12.2. The van der Waals surface area contributed by atoms with Gasteiger partial charge in [-0.1, -0.05) is 5.16 Å². The van der Waals surface area contributed by atoms with Crippen LogP contribution in [-0.4, -0.2) is 52.4 Å². The maximum atomic E-state index is 12.2. The summed E-state index contributed by atoms with van der Waals surface area (Å²) in [5, 5.41) is 7.16. The SMILES string of the molecule is CC(C)NC(=O)N1CCC2(CC1)CC(Cc1noc(C3CC3)n1)CCO2. The summed E-state index contributed by atoms with van der Waals surface area (Å²) in [4.78, 5) is 18.7. The van der Waals surface area contributed by atoms with Gasteiger partial charge in [0.2, 0.25) is 5.89 Å². The molecule has 7 heteroatoms. The zero-order valence-corrected chi connectivity index (χ0v) is 15.9. The quantitative estimate of drug-likeness (QED) is 0.891. The number of carbonyl (C=O) groups is 1. The molecule has 26 heavy (non-hydrogen) atoms. The summed E-state index contributed by atoms with van der Waals surface area (Å²) >= 11 is 0. The number of hydrogen-bond acceptors (Lipinski definition) is 5. The van der Waals surface area contributed by atoms with E-state index in [0.29, 0.717) is 11.8 Å². The Morgan fingerprint density at radius 2 is 2.08 bits per heavy atom. The van der Waals surface area contributed by atoms with Crippen LogP contribution in [0.2, 0.25) is 0 Å². The highest BCUT2D eigenvalue weighted by molar-refractivity contribution is 5.74. The van der Waals surface area contributed by atoms with Crippen LogP contribution in [0.4, 0.5) is 4.79 Å². The summed E-state index contributed by atoms with van der Waals surface area (Å²) in [6, 6.07) is 0.214. The third-order valence-electron chi connectivity index (χ3n) is 5.85. The number of rotatable bonds is 4. The molecule has 7 nitrogen and oxygen atoms in total. The van der Waals surface area contributed by atoms with Crippen LogP contribution in [-0.2, 0) is 11.2 Å². The third-order valence-corrected chi connectivity index (χ3v) is 5.85. The molecule has 3 fully saturated rings. The van der Waals surface area contributed by atoms with Crippen LogP contribution >= 0.6 is 0 Å². The average Bonchev–Trinajstić information content (AvgIpc) is 3.35. The Morgan fingerprint density at radius 1 is 1.31 bits per heavy atom. The minimum atomic E-state index is -0.0828. The van der Waals surface area contributed by atoms with Crippen molar-refractivity contribution in [2.24, 2.45) is 5.92 Å². The molecular formula is C19H30N4O3. The molecule has 2 saturated heterocycles. The molecule has 0 radical (unpaired) electrons. The number of nitrogens with one attached hydrogen (secondary N) is 1. The number of likely N-dealkylation sites (tertiary alicyclic amines) is 1. The Morgan fingerprint density at radius 3 is 2.77 bits per heavy atom. The molecule has 1 atom stereocenters. The van der Waals surface area contributed by atoms with Crippen molar-refractivity contribution in [3.63, 3.8) is 0 Å². The molecular weight excluding hydrogens is 332 g/mol. The molecule has 2 amide bonds. The Hall–Kier alpha value is -1.63. The minimum absolute atomic E-state index is 0.0432. The molecule has 3 aliphatic rings. The van der Waals surface area contributed by atoms with Crippen molar-refractivity contribution >= 4 is 6.03 Å². The molecule has 1 saturated carbocycles. The van der Waals surface area contributed by atoms with Crippen molar-refractivity contribution in [2.45, 2.75) is 76.4 Å². The highest BCUT2D eigenvalue weighted by Gasteiger charge is 2.41. The second-order valence-electron chi connectivity index (χ2n) is 8.51. The zero-order chi connectivity index (χ0) is 18.1. The number of amides is 2. The topological polar surface area (TPSA) is 80.5 Å². The molecule has 1 aromatic rings. The van der Waals surface area contributed by atoms with E-state index < -0.39 is 0 Å². The highest BCUT2D eigenvalue weighted by atomic mass is 16.5. The van der Waals surface area contributed by atoms with Gasteiger partial charge in [-0.2, -0.15) is 4.98 Å². The molecule has 2 aliphatic heterocycles.